The zero-order valence-corrected chi connectivity index (χ0v) is 26.9. The zero-order valence-electron chi connectivity index (χ0n) is 26.9. The summed E-state index contributed by atoms with van der Waals surface area (Å²) in [6.07, 6.45) is 10.1. The van der Waals surface area contributed by atoms with Crippen molar-refractivity contribution < 1.29 is 14.0 Å². The molecule has 5 aliphatic rings. The molecule has 0 spiro atoms. The lowest BCUT2D eigenvalue weighted by Gasteiger charge is -2.40. The lowest BCUT2D eigenvalue weighted by atomic mass is 9.73. The third-order valence-electron chi connectivity index (χ3n) is 11.1. The Bertz CT molecular complexity index is 1630. The van der Waals surface area contributed by atoms with Gasteiger partial charge in [-0.15, -0.1) is 5.47 Å². The van der Waals surface area contributed by atoms with Crippen LogP contribution in [0.3, 0.4) is 0 Å². The van der Waals surface area contributed by atoms with E-state index in [1.807, 2.05) is 4.68 Å². The van der Waals surface area contributed by atoms with Crippen LogP contribution in [0.25, 0.3) is 28.0 Å². The number of hydrogen-bond donors (Lipinski definition) is 0. The number of likely N-dealkylation sites (tertiary alicyclic amines) is 1. The second-order valence-electron chi connectivity index (χ2n) is 14.0. The molecule has 0 saturated carbocycles. The fraction of sp³-hybridized carbons (Fsp3) is 0.697. The Morgan fingerprint density at radius 2 is 1.87 bits per heavy atom. The highest BCUT2D eigenvalue weighted by Gasteiger charge is 2.49. The number of hydrogen-bond acceptors (Lipinski definition) is 9. The maximum absolute atomic E-state index is 6.83. The first-order valence-corrected chi connectivity index (χ1v) is 17.2. The number of ether oxygens (including phenoxy) is 2. The quantitative estimate of drug-likeness (QED) is 0.359. The normalized spacial score (nSPS) is 28.1. The van der Waals surface area contributed by atoms with Crippen LogP contribution in [0.2, 0.25) is 0 Å². The van der Waals surface area contributed by atoms with Crippen LogP contribution in [0.4, 0.5) is 5.82 Å². The van der Waals surface area contributed by atoms with Crippen molar-refractivity contribution in [1.29, 1.82) is 0 Å². The van der Waals surface area contributed by atoms with Crippen molar-refractivity contribution in [3.63, 3.8) is 0 Å². The maximum atomic E-state index is 6.83. The van der Waals surface area contributed by atoms with E-state index in [0.29, 0.717) is 53.3 Å². The Kier molecular flexibility index (Phi) is 7.61. The van der Waals surface area contributed by atoms with E-state index in [4.69, 9.17) is 49.9 Å². The van der Waals surface area contributed by atoms with Gasteiger partial charge in [0.05, 0.1) is 36.8 Å². The lowest BCUT2D eigenvalue weighted by molar-refractivity contribution is -0.186. The van der Waals surface area contributed by atoms with E-state index in [9.17, 15) is 0 Å². The number of rotatable bonds is 7. The van der Waals surface area contributed by atoms with E-state index in [1.165, 1.54) is 6.42 Å². The molecule has 234 valence electrons. The summed E-state index contributed by atoms with van der Waals surface area (Å²) >= 11 is 0. The van der Waals surface area contributed by atoms with Crippen molar-refractivity contribution in [2.75, 3.05) is 38.3 Å². The summed E-state index contributed by atoms with van der Waals surface area (Å²) in [5, 5.41) is 10.7. The minimum absolute atomic E-state index is 0.00649. The second-order valence-corrected chi connectivity index (χ2v) is 14.0. The average molecular weight is 607 g/mol. The molecule has 12 heteroatoms. The van der Waals surface area contributed by atoms with Crippen LogP contribution in [0.1, 0.15) is 94.6 Å². The number of anilines is 1. The number of nitrogens with zero attached hydrogens (tertiary/aromatic N) is 7. The minimum Gasteiger partial charge on any atom is -0.360 e. The topological polar surface area (TPSA) is 94.6 Å². The van der Waals surface area contributed by atoms with Gasteiger partial charge in [0, 0.05) is 30.6 Å². The standard InChI is InChI=1S/C33H43B2N7O3/c1-4-5-13-33(43-15-16-44-33)22-10-6-9-21-27(39-45-29(21)22)30-36-31-24-28(26(35)25(34)23-12-11-19(2)17-41(23)31)38-42(32(24)37-30)18-20-8-7-14-40(20)3/h19-20,22-23H,4-18H2,1-3H3/t19?,20?,22?,23-/m1/s1. The van der Waals surface area contributed by atoms with Gasteiger partial charge in [-0.3, -0.25) is 0 Å². The molecule has 10 nitrogen and oxygen atoms in total. The molecule has 4 atom stereocenters. The molecule has 4 aliphatic heterocycles. The number of fused-ring (bicyclic) bond motifs is 3. The summed E-state index contributed by atoms with van der Waals surface area (Å²) in [5.74, 6) is 2.12. The molecule has 1 aliphatic carbocycles. The Labute approximate surface area is 268 Å². The monoisotopic (exact) mass is 607 g/mol. The third kappa shape index (κ3) is 4.80. The first-order valence-electron chi connectivity index (χ1n) is 17.2. The number of aromatic nitrogens is 5. The molecule has 7 heterocycles. The van der Waals surface area contributed by atoms with Gasteiger partial charge in [-0.25, -0.2) is 14.6 Å². The van der Waals surface area contributed by atoms with Gasteiger partial charge >= 0.3 is 0 Å². The molecule has 8 rings (SSSR count). The Morgan fingerprint density at radius 1 is 1.02 bits per heavy atom. The third-order valence-corrected chi connectivity index (χ3v) is 11.1. The van der Waals surface area contributed by atoms with E-state index in [1.54, 1.807) is 0 Å². The highest BCUT2D eigenvalue weighted by atomic mass is 16.7. The molecular formula is C33H43B2N7O3. The van der Waals surface area contributed by atoms with E-state index in [0.717, 1.165) is 106 Å². The summed E-state index contributed by atoms with van der Waals surface area (Å²) in [7, 11) is 15.8. The van der Waals surface area contributed by atoms with Crippen molar-refractivity contribution in [3.05, 3.63) is 22.5 Å². The Balaban J connectivity index is 1.28. The fourth-order valence-corrected chi connectivity index (χ4v) is 8.58. The molecule has 0 N–H and O–H groups in total. The van der Waals surface area contributed by atoms with Crippen LogP contribution in [0.5, 0.6) is 0 Å². The fourth-order valence-electron chi connectivity index (χ4n) is 8.58. The van der Waals surface area contributed by atoms with Crippen LogP contribution < -0.4 is 4.90 Å². The Morgan fingerprint density at radius 3 is 2.64 bits per heavy atom. The zero-order chi connectivity index (χ0) is 30.9. The van der Waals surface area contributed by atoms with Crippen LogP contribution in [-0.2, 0) is 22.4 Å². The van der Waals surface area contributed by atoms with Gasteiger partial charge in [0.25, 0.3) is 0 Å². The van der Waals surface area contributed by atoms with Crippen molar-refractivity contribution in [2.45, 2.75) is 108 Å². The first-order chi connectivity index (χ1) is 21.9. The van der Waals surface area contributed by atoms with Gasteiger partial charge in [-0.1, -0.05) is 30.9 Å². The number of likely N-dealkylation sites (N-methyl/N-ethyl adjacent to an activating group) is 1. The summed E-state index contributed by atoms with van der Waals surface area (Å²) in [6.45, 7) is 8.37. The molecule has 0 bridgehead atoms. The van der Waals surface area contributed by atoms with Crippen LogP contribution in [-0.4, -0.2) is 96.7 Å². The van der Waals surface area contributed by atoms with E-state index in [-0.39, 0.29) is 12.0 Å². The molecule has 0 amide bonds. The van der Waals surface area contributed by atoms with E-state index >= 15 is 0 Å². The first kappa shape index (κ1) is 29.7. The maximum Gasteiger partial charge on any atom is 0.186 e. The largest absolute Gasteiger partial charge is 0.360 e. The second kappa shape index (κ2) is 11.5. The van der Waals surface area contributed by atoms with Crippen molar-refractivity contribution in [2.24, 2.45) is 5.92 Å². The van der Waals surface area contributed by atoms with Gasteiger partial charge < -0.3 is 23.8 Å². The molecular weight excluding hydrogens is 564 g/mol. The number of piperidine rings is 1. The van der Waals surface area contributed by atoms with Crippen molar-refractivity contribution >= 4 is 38.0 Å². The van der Waals surface area contributed by atoms with Crippen molar-refractivity contribution in [1.82, 2.24) is 29.8 Å². The van der Waals surface area contributed by atoms with Crippen LogP contribution in [0, 0.1) is 5.92 Å². The van der Waals surface area contributed by atoms with Gasteiger partial charge in [-0.2, -0.15) is 5.10 Å². The van der Waals surface area contributed by atoms with Gasteiger partial charge in [0.2, 0.25) is 0 Å². The molecule has 3 aromatic heterocycles. The summed E-state index contributed by atoms with van der Waals surface area (Å²) in [6, 6.07) is 0.351. The predicted molar refractivity (Wildman–Crippen MR) is 174 cm³/mol. The lowest BCUT2D eigenvalue weighted by Crippen LogP contribution is -2.44. The predicted octanol–water partition coefficient (Wildman–Crippen LogP) is 4.55. The smallest absolute Gasteiger partial charge is 0.186 e. The van der Waals surface area contributed by atoms with Gasteiger partial charge in [0.1, 0.15) is 27.3 Å². The van der Waals surface area contributed by atoms with Gasteiger partial charge in [0.15, 0.2) is 23.0 Å². The molecule has 3 saturated heterocycles. The van der Waals surface area contributed by atoms with E-state index < -0.39 is 5.79 Å². The van der Waals surface area contributed by atoms with E-state index in [2.05, 4.69) is 30.7 Å². The molecule has 45 heavy (non-hydrogen) atoms. The molecule has 3 fully saturated rings. The molecule has 3 aromatic rings. The van der Waals surface area contributed by atoms with Crippen molar-refractivity contribution in [3.8, 4) is 11.5 Å². The van der Waals surface area contributed by atoms with Gasteiger partial charge in [-0.05, 0) is 70.9 Å². The summed E-state index contributed by atoms with van der Waals surface area (Å²) in [4.78, 5) is 15.3. The minimum atomic E-state index is -0.657. The highest BCUT2D eigenvalue weighted by Crippen LogP contribution is 2.48. The molecule has 0 aromatic carbocycles. The highest BCUT2D eigenvalue weighted by molar-refractivity contribution is 6.49. The Hall–Kier alpha value is -2.69. The summed E-state index contributed by atoms with van der Waals surface area (Å²) in [5.41, 5.74) is 4.50. The number of unbranched alkanes of at least 4 members (excludes halogenated alkanes) is 1. The van der Waals surface area contributed by atoms with Crippen LogP contribution >= 0.6 is 0 Å². The van der Waals surface area contributed by atoms with Crippen LogP contribution in [0.15, 0.2) is 10.00 Å². The average Bonchev–Trinajstić information content (AvgIpc) is 3.85. The summed E-state index contributed by atoms with van der Waals surface area (Å²) < 4.78 is 21.0. The molecule has 3 unspecified atom stereocenters. The SMILES string of the molecule is [B]C1=C([B])[C@H]2CCC(C)CN2c2nc(-c3noc4c3CCCC4C3(CCCC)OCCO3)nc3c2c1nn3CC1CCCN1C. The molecule has 4 radical (unpaired) electrons.